The van der Waals surface area contributed by atoms with Crippen LogP contribution in [0.4, 0.5) is 5.69 Å². The Bertz CT molecular complexity index is 646. The molecule has 1 fully saturated rings. The second-order valence-electron chi connectivity index (χ2n) is 6.23. The summed E-state index contributed by atoms with van der Waals surface area (Å²) in [6.07, 6.45) is 6.15. The molecule has 2 aromatic carbocycles. The molecule has 3 rings (SSSR count). The monoisotopic (exact) mass is 323 g/mol. The van der Waals surface area contributed by atoms with Crippen LogP contribution in [0.3, 0.4) is 0 Å². The molecule has 0 saturated heterocycles. The van der Waals surface area contributed by atoms with Crippen LogP contribution in [0.5, 0.6) is 5.75 Å². The summed E-state index contributed by atoms with van der Waals surface area (Å²) in [5.74, 6) is 1.39. The normalized spacial score (nSPS) is 15.9. The minimum Gasteiger partial charge on any atom is -0.489 e. The zero-order valence-corrected chi connectivity index (χ0v) is 13.9. The van der Waals surface area contributed by atoms with E-state index < -0.39 is 0 Å². The fourth-order valence-electron chi connectivity index (χ4n) is 2.95. The molecular weight excluding hydrogens is 298 g/mol. The summed E-state index contributed by atoms with van der Waals surface area (Å²) >= 11 is 0. The van der Waals surface area contributed by atoms with Crippen LogP contribution in [0, 0.1) is 0 Å². The van der Waals surface area contributed by atoms with Crippen LogP contribution >= 0.6 is 0 Å². The molecule has 3 N–H and O–H groups in total. The highest BCUT2D eigenvalue weighted by atomic mass is 16.5. The molecule has 1 aliphatic rings. The maximum Gasteiger partial charge on any atom is 0.193 e. The number of hydrogen-bond acceptors (Lipinski definition) is 2. The summed E-state index contributed by atoms with van der Waals surface area (Å²) in [4.78, 5) is 4.59. The Hall–Kier alpha value is -2.49. The van der Waals surface area contributed by atoms with E-state index in [9.17, 15) is 0 Å². The van der Waals surface area contributed by atoms with Crippen molar-refractivity contribution in [2.24, 2.45) is 10.7 Å². The first-order chi connectivity index (χ1) is 11.8. The van der Waals surface area contributed by atoms with E-state index >= 15 is 0 Å². The quantitative estimate of drug-likeness (QED) is 0.636. The summed E-state index contributed by atoms with van der Waals surface area (Å²) in [6, 6.07) is 18.3. The zero-order chi connectivity index (χ0) is 16.6. The molecule has 0 aromatic heterocycles. The van der Waals surface area contributed by atoms with Crippen molar-refractivity contribution in [3.8, 4) is 5.75 Å². The summed E-state index contributed by atoms with van der Waals surface area (Å²) in [7, 11) is 0. The zero-order valence-electron chi connectivity index (χ0n) is 13.9. The maximum absolute atomic E-state index is 6.02. The van der Waals surface area contributed by atoms with Crippen molar-refractivity contribution in [1.82, 2.24) is 0 Å². The SMILES string of the molecule is NC(=NC1CCCCC1)Nc1ccc(COc2ccccc2)cc1. The van der Waals surface area contributed by atoms with Crippen molar-refractivity contribution < 1.29 is 4.74 Å². The number of nitrogens with one attached hydrogen (secondary N) is 1. The van der Waals surface area contributed by atoms with E-state index in [4.69, 9.17) is 10.5 Å². The number of rotatable bonds is 5. The topological polar surface area (TPSA) is 59.6 Å². The van der Waals surface area contributed by atoms with E-state index in [-0.39, 0.29) is 0 Å². The molecular formula is C20H25N3O. The van der Waals surface area contributed by atoms with Gasteiger partial charge in [0.2, 0.25) is 0 Å². The minimum atomic E-state index is 0.379. The van der Waals surface area contributed by atoms with Gasteiger partial charge in [-0.15, -0.1) is 0 Å². The van der Waals surface area contributed by atoms with Crippen molar-refractivity contribution in [2.45, 2.75) is 44.8 Å². The predicted molar refractivity (Wildman–Crippen MR) is 99.3 cm³/mol. The molecule has 126 valence electrons. The van der Waals surface area contributed by atoms with Crippen LogP contribution in [0.25, 0.3) is 0 Å². The number of nitrogens with two attached hydrogens (primary N) is 1. The van der Waals surface area contributed by atoms with E-state index in [0.717, 1.165) is 29.8 Å². The second kappa shape index (κ2) is 8.39. The van der Waals surface area contributed by atoms with Gasteiger partial charge in [0, 0.05) is 5.69 Å². The Morgan fingerprint density at radius 3 is 2.42 bits per heavy atom. The molecule has 0 atom stereocenters. The summed E-state index contributed by atoms with van der Waals surface area (Å²) < 4.78 is 5.74. The number of anilines is 1. The lowest BCUT2D eigenvalue weighted by Gasteiger charge is -2.18. The fourth-order valence-corrected chi connectivity index (χ4v) is 2.95. The molecule has 0 aliphatic heterocycles. The van der Waals surface area contributed by atoms with Gasteiger partial charge >= 0.3 is 0 Å². The number of aliphatic imine (C=N–C) groups is 1. The molecule has 0 unspecified atom stereocenters. The number of guanidine groups is 1. The van der Waals surface area contributed by atoms with Gasteiger partial charge in [0.05, 0.1) is 6.04 Å². The van der Waals surface area contributed by atoms with E-state index in [1.165, 1.54) is 19.3 Å². The number of benzene rings is 2. The van der Waals surface area contributed by atoms with Gasteiger partial charge in [-0.25, -0.2) is 4.99 Å². The standard InChI is InChI=1S/C20H25N3O/c21-20(22-17-7-3-1-4-8-17)23-18-13-11-16(12-14-18)15-24-19-9-5-2-6-10-19/h2,5-6,9-14,17H,1,3-4,7-8,15H2,(H3,21,22,23). The average Bonchev–Trinajstić information content (AvgIpc) is 2.63. The molecule has 24 heavy (non-hydrogen) atoms. The Labute approximate surface area is 143 Å². The van der Waals surface area contributed by atoms with Crippen LogP contribution in [0.1, 0.15) is 37.7 Å². The molecule has 4 heteroatoms. The van der Waals surface area contributed by atoms with E-state index in [2.05, 4.69) is 10.3 Å². The highest BCUT2D eigenvalue weighted by molar-refractivity contribution is 5.92. The van der Waals surface area contributed by atoms with Gasteiger partial charge in [-0.3, -0.25) is 0 Å². The Morgan fingerprint density at radius 2 is 1.71 bits per heavy atom. The van der Waals surface area contributed by atoms with E-state index in [1.54, 1.807) is 0 Å². The summed E-state index contributed by atoms with van der Waals surface area (Å²) in [5, 5.41) is 3.18. The van der Waals surface area contributed by atoms with E-state index in [0.29, 0.717) is 18.6 Å². The third kappa shape index (κ3) is 5.01. The number of para-hydroxylation sites is 1. The maximum atomic E-state index is 6.02. The first-order valence-corrected chi connectivity index (χ1v) is 8.67. The smallest absolute Gasteiger partial charge is 0.193 e. The molecule has 1 aliphatic carbocycles. The Morgan fingerprint density at radius 1 is 1.00 bits per heavy atom. The van der Waals surface area contributed by atoms with Crippen molar-refractivity contribution in [2.75, 3.05) is 5.32 Å². The van der Waals surface area contributed by atoms with Crippen LogP contribution < -0.4 is 15.8 Å². The molecule has 1 saturated carbocycles. The molecule has 0 bridgehead atoms. The lowest BCUT2D eigenvalue weighted by atomic mass is 9.96. The van der Waals surface area contributed by atoms with Crippen molar-refractivity contribution in [3.05, 3.63) is 60.2 Å². The predicted octanol–water partition coefficient (Wildman–Crippen LogP) is 4.32. The van der Waals surface area contributed by atoms with Gasteiger partial charge in [-0.1, -0.05) is 49.6 Å². The lowest BCUT2D eigenvalue weighted by Crippen LogP contribution is -2.26. The van der Waals surface area contributed by atoms with Crippen LogP contribution in [0.2, 0.25) is 0 Å². The van der Waals surface area contributed by atoms with Gasteiger partial charge in [0.25, 0.3) is 0 Å². The second-order valence-corrected chi connectivity index (χ2v) is 6.23. The average molecular weight is 323 g/mol. The fraction of sp³-hybridized carbons (Fsp3) is 0.350. The minimum absolute atomic E-state index is 0.379. The number of nitrogens with zero attached hydrogens (tertiary/aromatic N) is 1. The summed E-state index contributed by atoms with van der Waals surface area (Å²) in [5.41, 5.74) is 8.10. The molecule has 0 heterocycles. The van der Waals surface area contributed by atoms with Gasteiger partial charge < -0.3 is 15.8 Å². The Balaban J connectivity index is 1.51. The van der Waals surface area contributed by atoms with Crippen molar-refractivity contribution in [3.63, 3.8) is 0 Å². The van der Waals surface area contributed by atoms with Crippen LogP contribution in [-0.4, -0.2) is 12.0 Å². The number of hydrogen-bond donors (Lipinski definition) is 2. The van der Waals surface area contributed by atoms with Gasteiger partial charge in [-0.2, -0.15) is 0 Å². The van der Waals surface area contributed by atoms with Gasteiger partial charge in [0.15, 0.2) is 5.96 Å². The third-order valence-corrected chi connectivity index (χ3v) is 4.27. The largest absolute Gasteiger partial charge is 0.489 e. The first kappa shape index (κ1) is 16.4. The molecule has 0 radical (unpaired) electrons. The van der Waals surface area contributed by atoms with Crippen LogP contribution in [0.15, 0.2) is 59.6 Å². The molecule has 0 amide bonds. The lowest BCUT2D eigenvalue weighted by molar-refractivity contribution is 0.306. The van der Waals surface area contributed by atoms with Gasteiger partial charge in [0.1, 0.15) is 12.4 Å². The molecule has 2 aromatic rings. The highest BCUT2D eigenvalue weighted by Crippen LogP contribution is 2.20. The third-order valence-electron chi connectivity index (χ3n) is 4.27. The summed E-state index contributed by atoms with van der Waals surface area (Å²) in [6.45, 7) is 0.552. The Kier molecular flexibility index (Phi) is 5.72. The van der Waals surface area contributed by atoms with Crippen molar-refractivity contribution in [1.29, 1.82) is 0 Å². The van der Waals surface area contributed by atoms with Crippen LogP contribution in [-0.2, 0) is 6.61 Å². The first-order valence-electron chi connectivity index (χ1n) is 8.67. The van der Waals surface area contributed by atoms with Gasteiger partial charge in [-0.05, 0) is 42.7 Å². The number of ether oxygens (including phenoxy) is 1. The molecule has 4 nitrogen and oxygen atoms in total. The highest BCUT2D eigenvalue weighted by Gasteiger charge is 2.12. The molecule has 0 spiro atoms. The van der Waals surface area contributed by atoms with Crippen molar-refractivity contribution >= 4 is 11.6 Å². The van der Waals surface area contributed by atoms with E-state index in [1.807, 2.05) is 54.6 Å².